The molecule has 0 saturated carbocycles. The van der Waals surface area contributed by atoms with Gasteiger partial charge in [0.15, 0.2) is 0 Å². The van der Waals surface area contributed by atoms with E-state index in [-0.39, 0.29) is 5.41 Å². The monoisotopic (exact) mass is 289 g/mol. The number of hydrogen-bond acceptors (Lipinski definition) is 3. The lowest BCUT2D eigenvalue weighted by Crippen LogP contribution is -2.31. The molecule has 1 heterocycles. The molecule has 0 bridgehead atoms. The maximum Gasteiger partial charge on any atom is 0.335 e. The van der Waals surface area contributed by atoms with Crippen LogP contribution in [0.3, 0.4) is 0 Å². The minimum Gasteiger partial charge on any atom is -0.478 e. The Morgan fingerprint density at radius 3 is 2.50 bits per heavy atom. The third-order valence-corrected chi connectivity index (χ3v) is 4.52. The number of thiophene rings is 1. The molecule has 0 aliphatic heterocycles. The van der Waals surface area contributed by atoms with Crippen LogP contribution in [0.4, 0.5) is 0 Å². The minimum absolute atomic E-state index is 0.106. The molecule has 0 aliphatic rings. The summed E-state index contributed by atoms with van der Waals surface area (Å²) in [7, 11) is 0. The largest absolute Gasteiger partial charge is 0.478 e. The molecule has 2 rings (SSSR count). The molecule has 0 atom stereocenters. The van der Waals surface area contributed by atoms with Crippen molar-refractivity contribution in [2.75, 3.05) is 6.54 Å². The number of nitrogens with one attached hydrogen (secondary N) is 1. The smallest absolute Gasteiger partial charge is 0.335 e. The van der Waals surface area contributed by atoms with E-state index in [4.69, 9.17) is 5.11 Å². The number of carboxylic acids is 1. The zero-order valence-electron chi connectivity index (χ0n) is 11.7. The number of carboxylic acid groups (broad SMARTS) is 1. The number of benzene rings is 1. The molecular formula is C16H19NO2S. The molecule has 2 N–H and O–H groups in total. The molecule has 0 unspecified atom stereocenters. The highest BCUT2D eigenvalue weighted by Gasteiger charge is 2.20. The number of hydrogen-bond donors (Lipinski definition) is 2. The fraction of sp³-hybridized carbons (Fsp3) is 0.312. The first kappa shape index (κ1) is 14.8. The van der Waals surface area contributed by atoms with Crippen LogP contribution in [0.1, 0.15) is 34.6 Å². The van der Waals surface area contributed by atoms with Gasteiger partial charge in [-0.3, -0.25) is 0 Å². The Balaban J connectivity index is 1.88. The normalized spacial score (nSPS) is 11.5. The van der Waals surface area contributed by atoms with Crippen LogP contribution in [0, 0.1) is 0 Å². The van der Waals surface area contributed by atoms with Gasteiger partial charge in [-0.2, -0.15) is 0 Å². The zero-order valence-corrected chi connectivity index (χ0v) is 12.5. The highest BCUT2D eigenvalue weighted by molar-refractivity contribution is 7.10. The Kier molecular flexibility index (Phi) is 4.57. The van der Waals surface area contributed by atoms with Crippen LogP contribution in [0.25, 0.3) is 0 Å². The van der Waals surface area contributed by atoms with E-state index in [2.05, 4.69) is 36.7 Å². The quantitative estimate of drug-likeness (QED) is 0.855. The fourth-order valence-electron chi connectivity index (χ4n) is 2.04. The van der Waals surface area contributed by atoms with Crippen molar-refractivity contribution in [2.24, 2.45) is 0 Å². The van der Waals surface area contributed by atoms with E-state index in [9.17, 15) is 4.79 Å². The second kappa shape index (κ2) is 6.20. The maximum atomic E-state index is 10.8. The van der Waals surface area contributed by atoms with Crippen molar-refractivity contribution in [1.82, 2.24) is 5.32 Å². The van der Waals surface area contributed by atoms with Crippen LogP contribution in [0.15, 0.2) is 41.8 Å². The molecule has 2 aromatic rings. The molecule has 0 fully saturated rings. The molecule has 0 spiro atoms. The maximum absolute atomic E-state index is 10.8. The third kappa shape index (κ3) is 3.68. The zero-order chi connectivity index (χ0) is 14.6. The van der Waals surface area contributed by atoms with Gasteiger partial charge in [-0.1, -0.05) is 32.0 Å². The van der Waals surface area contributed by atoms with Crippen molar-refractivity contribution in [3.8, 4) is 0 Å². The summed E-state index contributed by atoms with van der Waals surface area (Å²) in [4.78, 5) is 12.1. The fourth-order valence-corrected chi connectivity index (χ4v) is 2.89. The standard InChI is InChI=1S/C16H19NO2S/c1-16(2,14-4-3-9-20-14)11-17-10-12-5-7-13(8-6-12)15(18)19/h3-9,17H,10-11H2,1-2H3,(H,18,19). The van der Waals surface area contributed by atoms with Crippen LogP contribution >= 0.6 is 11.3 Å². The van der Waals surface area contributed by atoms with Crippen molar-refractivity contribution in [1.29, 1.82) is 0 Å². The molecule has 4 heteroatoms. The van der Waals surface area contributed by atoms with Gasteiger partial charge in [0.05, 0.1) is 5.56 Å². The van der Waals surface area contributed by atoms with Crippen LogP contribution in [-0.2, 0) is 12.0 Å². The molecule has 0 amide bonds. The molecular weight excluding hydrogens is 270 g/mol. The average Bonchev–Trinajstić information content (AvgIpc) is 2.94. The Bertz CT molecular complexity index is 559. The van der Waals surface area contributed by atoms with Gasteiger partial charge < -0.3 is 10.4 Å². The van der Waals surface area contributed by atoms with Crippen LogP contribution in [0.2, 0.25) is 0 Å². The average molecular weight is 289 g/mol. The number of aromatic carboxylic acids is 1. The van der Waals surface area contributed by atoms with E-state index in [1.807, 2.05) is 12.1 Å². The van der Waals surface area contributed by atoms with E-state index >= 15 is 0 Å². The highest BCUT2D eigenvalue weighted by atomic mass is 32.1. The van der Waals surface area contributed by atoms with Crippen molar-refractivity contribution in [3.05, 3.63) is 57.8 Å². The van der Waals surface area contributed by atoms with E-state index in [0.717, 1.165) is 18.7 Å². The van der Waals surface area contributed by atoms with Crippen molar-refractivity contribution in [3.63, 3.8) is 0 Å². The summed E-state index contributed by atoms with van der Waals surface area (Å²) in [6.07, 6.45) is 0. The Morgan fingerprint density at radius 1 is 1.25 bits per heavy atom. The Morgan fingerprint density at radius 2 is 1.95 bits per heavy atom. The molecule has 20 heavy (non-hydrogen) atoms. The Hall–Kier alpha value is -1.65. The summed E-state index contributed by atoms with van der Waals surface area (Å²) in [6, 6.07) is 11.2. The second-order valence-corrected chi connectivity index (χ2v) is 6.41. The molecule has 0 radical (unpaired) electrons. The third-order valence-electron chi connectivity index (χ3n) is 3.29. The van der Waals surface area contributed by atoms with Crippen LogP contribution in [0.5, 0.6) is 0 Å². The lowest BCUT2D eigenvalue weighted by atomic mass is 9.91. The van der Waals surface area contributed by atoms with Crippen molar-refractivity contribution >= 4 is 17.3 Å². The van der Waals surface area contributed by atoms with E-state index < -0.39 is 5.97 Å². The van der Waals surface area contributed by atoms with Gasteiger partial charge in [0.2, 0.25) is 0 Å². The van der Waals surface area contributed by atoms with Crippen molar-refractivity contribution in [2.45, 2.75) is 25.8 Å². The Labute approximate surface area is 123 Å². The van der Waals surface area contributed by atoms with Gasteiger partial charge in [-0.25, -0.2) is 4.79 Å². The number of carbonyl (C=O) groups is 1. The number of rotatable bonds is 6. The molecule has 1 aromatic heterocycles. The van der Waals surface area contributed by atoms with Crippen LogP contribution in [-0.4, -0.2) is 17.6 Å². The minimum atomic E-state index is -0.886. The summed E-state index contributed by atoms with van der Waals surface area (Å²) in [5.74, 6) is -0.886. The predicted molar refractivity (Wildman–Crippen MR) is 82.5 cm³/mol. The van der Waals surface area contributed by atoms with E-state index in [0.29, 0.717) is 5.56 Å². The first-order valence-corrected chi connectivity index (χ1v) is 7.44. The first-order chi connectivity index (χ1) is 9.49. The van der Waals surface area contributed by atoms with Gasteiger partial charge in [-0.15, -0.1) is 11.3 Å². The summed E-state index contributed by atoms with van der Waals surface area (Å²) >= 11 is 1.78. The highest BCUT2D eigenvalue weighted by Crippen LogP contribution is 2.26. The van der Waals surface area contributed by atoms with Crippen molar-refractivity contribution < 1.29 is 9.90 Å². The van der Waals surface area contributed by atoms with Gasteiger partial charge >= 0.3 is 5.97 Å². The molecule has 106 valence electrons. The summed E-state index contributed by atoms with van der Waals surface area (Å²) in [5.41, 5.74) is 1.53. The summed E-state index contributed by atoms with van der Waals surface area (Å²) in [5, 5.41) is 14.4. The first-order valence-electron chi connectivity index (χ1n) is 6.56. The van der Waals surface area contributed by atoms with Crippen LogP contribution < -0.4 is 5.32 Å². The van der Waals surface area contributed by atoms with Gasteiger partial charge in [-0.05, 0) is 29.1 Å². The van der Waals surface area contributed by atoms with Gasteiger partial charge in [0.25, 0.3) is 0 Å². The topological polar surface area (TPSA) is 49.3 Å². The predicted octanol–water partition coefficient (Wildman–Crippen LogP) is 3.51. The van der Waals surface area contributed by atoms with E-state index in [1.165, 1.54) is 4.88 Å². The SMILES string of the molecule is CC(C)(CNCc1ccc(C(=O)O)cc1)c1cccs1. The summed E-state index contributed by atoms with van der Waals surface area (Å²) in [6.45, 7) is 6.07. The lowest BCUT2D eigenvalue weighted by molar-refractivity contribution is 0.0697. The molecule has 1 aromatic carbocycles. The molecule has 0 aliphatic carbocycles. The molecule has 3 nitrogen and oxygen atoms in total. The summed E-state index contributed by atoms with van der Waals surface area (Å²) < 4.78 is 0. The molecule has 0 saturated heterocycles. The van der Waals surface area contributed by atoms with Gasteiger partial charge in [0, 0.05) is 23.4 Å². The van der Waals surface area contributed by atoms with Gasteiger partial charge in [0.1, 0.15) is 0 Å². The lowest BCUT2D eigenvalue weighted by Gasteiger charge is -2.23. The second-order valence-electron chi connectivity index (χ2n) is 5.47. The van der Waals surface area contributed by atoms with E-state index in [1.54, 1.807) is 23.5 Å².